The van der Waals surface area contributed by atoms with Gasteiger partial charge in [-0.05, 0) is 89.3 Å². The Hall–Kier alpha value is -3.50. The fourth-order valence-electron chi connectivity index (χ4n) is 6.64. The van der Waals surface area contributed by atoms with E-state index in [2.05, 4.69) is 4.98 Å². The fourth-order valence-corrected chi connectivity index (χ4v) is 6.64. The lowest BCUT2D eigenvalue weighted by Crippen LogP contribution is -2.71. The molecule has 2 N–H and O–H groups in total. The molecule has 2 atom stereocenters. The minimum absolute atomic E-state index is 0.190. The Morgan fingerprint density at radius 1 is 1.17 bits per heavy atom. The van der Waals surface area contributed by atoms with E-state index in [4.69, 9.17) is 4.74 Å². The zero-order valence-corrected chi connectivity index (χ0v) is 24.9. The summed E-state index contributed by atoms with van der Waals surface area (Å²) in [5.74, 6) is -0.454. The molecule has 3 heterocycles. The maximum absolute atomic E-state index is 13.9. The van der Waals surface area contributed by atoms with Gasteiger partial charge in [-0.25, -0.2) is 5.48 Å². The molecule has 2 aliphatic rings. The third-order valence-electron chi connectivity index (χ3n) is 9.18. The van der Waals surface area contributed by atoms with Gasteiger partial charge in [-0.3, -0.25) is 24.3 Å². The number of likely N-dealkylation sites (tertiary alicyclic amines) is 2. The number of hydrogen-bond donors (Lipinski definition) is 2. The Labute approximate surface area is 241 Å². The minimum Gasteiger partial charge on any atom is -0.498 e. The SMILES string of the molecule is Cc1cc(COc2ccc(C3(C)CCN(C(C(=O)NO)C4CC[N+](C(=O)[O-])(C(C)(C)C)CC4)C3=O)cc2)cc(C)n1. The van der Waals surface area contributed by atoms with Crippen LogP contribution in [-0.2, 0) is 21.6 Å². The Kier molecular flexibility index (Phi) is 8.47. The quantitative estimate of drug-likeness (QED) is 0.299. The maximum atomic E-state index is 13.9. The zero-order valence-electron chi connectivity index (χ0n) is 24.9. The number of nitrogens with zero attached hydrogens (tertiary/aromatic N) is 3. The van der Waals surface area contributed by atoms with Crippen molar-refractivity contribution in [2.45, 2.75) is 84.4 Å². The van der Waals surface area contributed by atoms with Crippen molar-refractivity contribution < 1.29 is 33.9 Å². The number of benzene rings is 1. The Bertz CT molecular complexity index is 1280. The number of carbonyl (C=O) groups excluding carboxylic acids is 3. The summed E-state index contributed by atoms with van der Waals surface area (Å²) in [6.45, 7) is 12.7. The molecule has 2 saturated heterocycles. The standard InChI is InChI=1S/C31H42N4O6/c1-20-17-22(18-21(2)32-20)19-41-25-9-7-24(8-10-25)31(6)13-14-34(28(31)37)26(27(36)33-40)23-11-15-35(16-12-23,29(38)39)30(3,4)5/h7-10,17-18,23,26H,11-16,19H2,1-6H3,(H2-,33,36,38,39,40). The molecule has 2 unspecified atom stereocenters. The van der Waals surface area contributed by atoms with Gasteiger partial charge in [0.2, 0.25) is 5.91 Å². The molecule has 0 radical (unpaired) electrons. The fraction of sp³-hybridized carbons (Fsp3) is 0.548. The van der Waals surface area contributed by atoms with Crippen molar-refractivity contribution in [3.05, 3.63) is 58.9 Å². The summed E-state index contributed by atoms with van der Waals surface area (Å²) >= 11 is 0. The summed E-state index contributed by atoms with van der Waals surface area (Å²) in [4.78, 5) is 45.0. The molecule has 2 fully saturated rings. The lowest BCUT2D eigenvalue weighted by atomic mass is 9.80. The summed E-state index contributed by atoms with van der Waals surface area (Å²) in [6.07, 6.45) is 0.186. The van der Waals surface area contributed by atoms with Gasteiger partial charge >= 0.3 is 0 Å². The predicted molar refractivity (Wildman–Crippen MR) is 150 cm³/mol. The predicted octanol–water partition coefficient (Wildman–Crippen LogP) is 3.01. The van der Waals surface area contributed by atoms with Crippen LogP contribution in [-0.4, -0.2) is 68.7 Å². The van der Waals surface area contributed by atoms with Gasteiger partial charge in [-0.15, -0.1) is 0 Å². The van der Waals surface area contributed by atoms with E-state index in [9.17, 15) is 24.7 Å². The van der Waals surface area contributed by atoms with E-state index >= 15 is 0 Å². The summed E-state index contributed by atoms with van der Waals surface area (Å²) in [5.41, 5.74) is 4.05. The molecule has 0 saturated carbocycles. The number of carbonyl (C=O) groups is 3. The smallest absolute Gasteiger partial charge is 0.266 e. The number of quaternary nitrogens is 1. The minimum atomic E-state index is -1.14. The number of nitrogens with one attached hydrogen (secondary N) is 1. The van der Waals surface area contributed by atoms with Gasteiger partial charge in [-0.2, -0.15) is 0 Å². The summed E-state index contributed by atoms with van der Waals surface area (Å²) in [6, 6.07) is 10.5. The molecule has 10 heteroatoms. The molecule has 10 nitrogen and oxygen atoms in total. The van der Waals surface area contributed by atoms with E-state index in [1.54, 1.807) is 10.4 Å². The topological polar surface area (TPSA) is 132 Å². The molecule has 0 spiro atoms. The molecular formula is C31H42N4O6. The van der Waals surface area contributed by atoms with Crippen molar-refractivity contribution in [2.24, 2.45) is 5.92 Å². The maximum Gasteiger partial charge on any atom is 0.266 e. The van der Waals surface area contributed by atoms with Crippen LogP contribution in [0.4, 0.5) is 4.79 Å². The second-order valence-corrected chi connectivity index (χ2v) is 12.8. The average Bonchev–Trinajstić information content (AvgIpc) is 3.21. The molecule has 1 aromatic heterocycles. The molecule has 4 rings (SSSR count). The molecule has 2 aromatic rings. The number of rotatable bonds is 7. The normalized spacial score (nSPS) is 25.6. The van der Waals surface area contributed by atoms with Crippen molar-refractivity contribution in [2.75, 3.05) is 19.6 Å². The molecule has 3 amide bonds. The average molecular weight is 567 g/mol. The number of aryl methyl sites for hydroxylation is 2. The molecule has 0 bridgehead atoms. The van der Waals surface area contributed by atoms with Crippen LogP contribution in [0.25, 0.3) is 0 Å². The first-order valence-corrected chi connectivity index (χ1v) is 14.2. The van der Waals surface area contributed by atoms with Crippen LogP contribution in [0.1, 0.15) is 69.5 Å². The number of ether oxygens (including phenoxy) is 1. The van der Waals surface area contributed by atoms with Crippen molar-refractivity contribution >= 4 is 17.9 Å². The number of hydroxylamine groups is 1. The van der Waals surface area contributed by atoms with Crippen LogP contribution in [0.5, 0.6) is 5.75 Å². The second-order valence-electron chi connectivity index (χ2n) is 12.8. The van der Waals surface area contributed by atoms with Crippen LogP contribution >= 0.6 is 0 Å². The third-order valence-corrected chi connectivity index (χ3v) is 9.18. The largest absolute Gasteiger partial charge is 0.498 e. The molecular weight excluding hydrogens is 524 g/mol. The van der Waals surface area contributed by atoms with Crippen molar-refractivity contribution in [1.29, 1.82) is 0 Å². The number of aromatic nitrogens is 1. The lowest BCUT2D eigenvalue weighted by molar-refractivity contribution is -0.924. The van der Waals surface area contributed by atoms with E-state index in [-0.39, 0.29) is 29.4 Å². The summed E-state index contributed by atoms with van der Waals surface area (Å²) < 4.78 is 5.76. The zero-order chi connectivity index (χ0) is 30.2. The van der Waals surface area contributed by atoms with E-state index in [1.807, 2.05) is 77.9 Å². The van der Waals surface area contributed by atoms with Crippen LogP contribution < -0.4 is 15.3 Å². The number of pyridine rings is 1. The van der Waals surface area contributed by atoms with Crippen LogP contribution in [0.15, 0.2) is 36.4 Å². The first kappa shape index (κ1) is 30.5. The molecule has 41 heavy (non-hydrogen) atoms. The Balaban J connectivity index is 1.48. The highest BCUT2D eigenvalue weighted by Gasteiger charge is 2.52. The Morgan fingerprint density at radius 3 is 2.27 bits per heavy atom. The molecule has 1 aromatic carbocycles. The second kappa shape index (κ2) is 11.4. The number of hydrogen-bond acceptors (Lipinski definition) is 7. The van der Waals surface area contributed by atoms with Crippen LogP contribution in [0.3, 0.4) is 0 Å². The van der Waals surface area contributed by atoms with E-state index in [0.29, 0.717) is 38.2 Å². The first-order chi connectivity index (χ1) is 19.2. The first-order valence-electron chi connectivity index (χ1n) is 14.2. The van der Waals surface area contributed by atoms with Gasteiger partial charge in [-0.1, -0.05) is 12.1 Å². The Morgan fingerprint density at radius 2 is 1.76 bits per heavy atom. The summed E-state index contributed by atoms with van der Waals surface area (Å²) in [5, 5.41) is 21.8. The number of amides is 3. The van der Waals surface area contributed by atoms with E-state index in [1.165, 1.54) is 0 Å². The summed E-state index contributed by atoms with van der Waals surface area (Å²) in [7, 11) is 0. The van der Waals surface area contributed by atoms with Gasteiger partial charge in [0.1, 0.15) is 18.4 Å². The van der Waals surface area contributed by atoms with Crippen LogP contribution in [0.2, 0.25) is 0 Å². The lowest BCUT2D eigenvalue weighted by Gasteiger charge is -2.52. The highest BCUT2D eigenvalue weighted by atomic mass is 16.5. The van der Waals surface area contributed by atoms with E-state index < -0.39 is 29.0 Å². The van der Waals surface area contributed by atoms with Gasteiger partial charge in [0.05, 0.1) is 24.0 Å². The van der Waals surface area contributed by atoms with Gasteiger partial charge in [0, 0.05) is 30.8 Å². The third kappa shape index (κ3) is 5.81. The highest BCUT2D eigenvalue weighted by molar-refractivity contribution is 5.94. The van der Waals surface area contributed by atoms with Gasteiger partial charge < -0.3 is 19.5 Å². The van der Waals surface area contributed by atoms with Gasteiger partial charge in [0.25, 0.3) is 12.0 Å². The van der Waals surface area contributed by atoms with Crippen LogP contribution in [0, 0.1) is 19.8 Å². The molecule has 222 valence electrons. The highest BCUT2D eigenvalue weighted by Crippen LogP contribution is 2.41. The number of piperidine rings is 1. The number of carboxylic acid groups (broad SMARTS) is 1. The molecule has 2 aliphatic heterocycles. The van der Waals surface area contributed by atoms with E-state index in [0.717, 1.165) is 22.5 Å². The van der Waals surface area contributed by atoms with Gasteiger partial charge in [0.15, 0.2) is 0 Å². The van der Waals surface area contributed by atoms with Crippen molar-refractivity contribution in [1.82, 2.24) is 15.4 Å². The van der Waals surface area contributed by atoms with Crippen molar-refractivity contribution in [3.8, 4) is 5.75 Å². The molecule has 0 aliphatic carbocycles. The van der Waals surface area contributed by atoms with Crippen molar-refractivity contribution in [3.63, 3.8) is 0 Å². The monoisotopic (exact) mass is 566 g/mol.